The Bertz CT molecular complexity index is 581. The van der Waals surface area contributed by atoms with Gasteiger partial charge in [0.1, 0.15) is 0 Å². The van der Waals surface area contributed by atoms with Crippen molar-refractivity contribution in [1.82, 2.24) is 20.4 Å². The van der Waals surface area contributed by atoms with Crippen LogP contribution in [0.3, 0.4) is 0 Å². The number of nitrogens with one attached hydrogen (secondary N) is 1. The predicted molar refractivity (Wildman–Crippen MR) is 107 cm³/mol. The van der Waals surface area contributed by atoms with Crippen molar-refractivity contribution in [3.63, 3.8) is 0 Å². The number of anilines is 1. The van der Waals surface area contributed by atoms with Gasteiger partial charge >= 0.3 is 0 Å². The number of carbonyl (C=O) groups excluding carboxylic acids is 2. The lowest BCUT2D eigenvalue weighted by Crippen LogP contribution is -2.48. The molecule has 146 valence electrons. The largest absolute Gasteiger partial charge is 0.383 e. The zero-order valence-electron chi connectivity index (χ0n) is 14.8. The lowest BCUT2D eigenvalue weighted by molar-refractivity contribution is -0.131. The molecule has 26 heavy (non-hydrogen) atoms. The molecule has 1 N–H and O–H groups in total. The number of ether oxygens (including phenoxy) is 1. The molecule has 0 aromatic carbocycles. The number of carbonyl (C=O) groups is 2. The molecule has 8 nitrogen and oxygen atoms in total. The Morgan fingerprint density at radius 3 is 2.77 bits per heavy atom. The van der Waals surface area contributed by atoms with E-state index in [1.165, 1.54) is 23.1 Å². The highest BCUT2D eigenvalue weighted by Crippen LogP contribution is 2.28. The van der Waals surface area contributed by atoms with Crippen molar-refractivity contribution >= 4 is 56.0 Å². The lowest BCUT2D eigenvalue weighted by Gasteiger charge is -2.34. The fourth-order valence-electron chi connectivity index (χ4n) is 2.38. The zero-order valence-corrected chi connectivity index (χ0v) is 18.0. The van der Waals surface area contributed by atoms with Crippen molar-refractivity contribution in [2.24, 2.45) is 0 Å². The fourth-order valence-corrected chi connectivity index (χ4v) is 4.39. The highest BCUT2D eigenvalue weighted by molar-refractivity contribution is 9.09. The van der Waals surface area contributed by atoms with Crippen molar-refractivity contribution in [3.05, 3.63) is 0 Å². The molecular formula is C15H24BrN5O3S2. The molecule has 2 amide bonds. The predicted octanol–water partition coefficient (Wildman–Crippen LogP) is 1.22. The minimum atomic E-state index is -0.0422. The topological polar surface area (TPSA) is 87.7 Å². The van der Waals surface area contributed by atoms with Gasteiger partial charge in [0.05, 0.1) is 12.4 Å². The van der Waals surface area contributed by atoms with Crippen LogP contribution in [0.15, 0.2) is 4.34 Å². The van der Waals surface area contributed by atoms with Crippen molar-refractivity contribution < 1.29 is 14.3 Å². The van der Waals surface area contributed by atoms with Gasteiger partial charge in [-0.3, -0.25) is 9.59 Å². The van der Waals surface area contributed by atoms with Gasteiger partial charge in [0.25, 0.3) is 0 Å². The van der Waals surface area contributed by atoms with Gasteiger partial charge in [0, 0.05) is 51.6 Å². The molecule has 0 radical (unpaired) electrons. The Labute approximate surface area is 170 Å². The number of alkyl halides is 1. The molecule has 1 aliphatic rings. The first kappa shape index (κ1) is 21.4. The average molecular weight is 466 g/mol. The molecule has 0 unspecified atom stereocenters. The molecule has 1 aliphatic heterocycles. The normalized spacial score (nSPS) is 14.5. The Morgan fingerprint density at radius 2 is 2.08 bits per heavy atom. The average Bonchev–Trinajstić information content (AvgIpc) is 3.14. The van der Waals surface area contributed by atoms with Crippen LogP contribution in [-0.2, 0) is 14.3 Å². The minimum Gasteiger partial charge on any atom is -0.383 e. The number of amides is 2. The summed E-state index contributed by atoms with van der Waals surface area (Å²) < 4.78 is 5.67. The Balaban J connectivity index is 1.73. The summed E-state index contributed by atoms with van der Waals surface area (Å²) in [5.74, 6) is 0.491. The van der Waals surface area contributed by atoms with Crippen LogP contribution >= 0.6 is 39.0 Å². The number of methoxy groups -OCH3 is 1. The maximum absolute atomic E-state index is 12.1. The van der Waals surface area contributed by atoms with E-state index in [-0.39, 0.29) is 11.8 Å². The van der Waals surface area contributed by atoms with Gasteiger partial charge in [-0.1, -0.05) is 39.0 Å². The number of nitrogens with zero attached hydrogens (tertiary/aromatic N) is 4. The third-order valence-electron chi connectivity index (χ3n) is 3.78. The molecule has 1 aromatic heterocycles. The standard InChI is InChI=1S/C15H24BrN5O3S2/c1-24-10-5-17-12(22)11-25-15-19-18-14(26-15)21-8-6-20(7-9-21)13(23)3-2-4-16/h2-11H2,1H3,(H,17,22). The molecule has 0 bridgehead atoms. The van der Waals surface area contributed by atoms with Crippen LogP contribution in [0.5, 0.6) is 0 Å². The second-order valence-electron chi connectivity index (χ2n) is 5.64. The summed E-state index contributed by atoms with van der Waals surface area (Å²) in [5.41, 5.74) is 0. The van der Waals surface area contributed by atoms with E-state index < -0.39 is 0 Å². The van der Waals surface area contributed by atoms with Crippen LogP contribution in [0.25, 0.3) is 0 Å². The first-order valence-electron chi connectivity index (χ1n) is 8.44. The van der Waals surface area contributed by atoms with Crippen LogP contribution in [0.2, 0.25) is 0 Å². The van der Waals surface area contributed by atoms with Crippen molar-refractivity contribution in [2.45, 2.75) is 17.2 Å². The first-order valence-corrected chi connectivity index (χ1v) is 11.4. The van der Waals surface area contributed by atoms with Crippen LogP contribution in [0.4, 0.5) is 5.13 Å². The van der Waals surface area contributed by atoms with E-state index in [2.05, 4.69) is 36.3 Å². The van der Waals surface area contributed by atoms with Crippen molar-refractivity contribution in [3.8, 4) is 0 Å². The third kappa shape index (κ3) is 7.01. The number of hydrogen-bond donors (Lipinski definition) is 1. The molecule has 0 spiro atoms. The van der Waals surface area contributed by atoms with E-state index in [0.717, 1.165) is 34.3 Å². The van der Waals surface area contributed by atoms with E-state index >= 15 is 0 Å². The lowest BCUT2D eigenvalue weighted by atomic mass is 10.2. The van der Waals surface area contributed by atoms with E-state index in [1.807, 2.05) is 4.90 Å². The highest BCUT2D eigenvalue weighted by Gasteiger charge is 2.23. The van der Waals surface area contributed by atoms with Gasteiger partial charge < -0.3 is 19.9 Å². The number of rotatable bonds is 10. The van der Waals surface area contributed by atoms with Crippen molar-refractivity contribution in [1.29, 1.82) is 0 Å². The van der Waals surface area contributed by atoms with Crippen LogP contribution < -0.4 is 10.2 Å². The van der Waals surface area contributed by atoms with Gasteiger partial charge in [0.15, 0.2) is 4.34 Å². The monoisotopic (exact) mass is 465 g/mol. The quantitative estimate of drug-likeness (QED) is 0.315. The second kappa shape index (κ2) is 11.7. The summed E-state index contributed by atoms with van der Waals surface area (Å²) in [7, 11) is 1.60. The first-order chi connectivity index (χ1) is 12.6. The summed E-state index contributed by atoms with van der Waals surface area (Å²) in [6.07, 6.45) is 1.46. The Hall–Kier alpha value is -0.910. The molecule has 1 aromatic rings. The molecule has 0 atom stereocenters. The van der Waals surface area contributed by atoms with E-state index in [9.17, 15) is 9.59 Å². The maximum Gasteiger partial charge on any atom is 0.230 e. The van der Waals surface area contributed by atoms with Crippen LogP contribution in [0, 0.1) is 0 Å². The van der Waals surface area contributed by atoms with Gasteiger partial charge in [-0.15, -0.1) is 10.2 Å². The van der Waals surface area contributed by atoms with Gasteiger partial charge in [-0.05, 0) is 6.42 Å². The van der Waals surface area contributed by atoms with Gasteiger partial charge in [-0.2, -0.15) is 0 Å². The maximum atomic E-state index is 12.1. The minimum absolute atomic E-state index is 0.0422. The van der Waals surface area contributed by atoms with Gasteiger partial charge in [0.2, 0.25) is 16.9 Å². The third-order valence-corrected chi connectivity index (χ3v) is 6.46. The van der Waals surface area contributed by atoms with Crippen molar-refractivity contribution in [2.75, 3.05) is 62.4 Å². The molecule has 0 aliphatic carbocycles. The summed E-state index contributed by atoms with van der Waals surface area (Å²) in [6.45, 7) is 3.96. The summed E-state index contributed by atoms with van der Waals surface area (Å²) in [4.78, 5) is 27.8. The molecule has 1 fully saturated rings. The Kier molecular flexibility index (Phi) is 9.65. The number of aromatic nitrogens is 2. The highest BCUT2D eigenvalue weighted by atomic mass is 79.9. The zero-order chi connectivity index (χ0) is 18.8. The molecule has 2 heterocycles. The molecule has 1 saturated heterocycles. The fraction of sp³-hybridized carbons (Fsp3) is 0.733. The number of thioether (sulfide) groups is 1. The molecular weight excluding hydrogens is 442 g/mol. The van der Waals surface area contributed by atoms with E-state index in [0.29, 0.717) is 38.4 Å². The number of halogens is 1. The van der Waals surface area contributed by atoms with Crippen LogP contribution in [-0.4, -0.2) is 84.4 Å². The number of piperazine rings is 1. The SMILES string of the molecule is COCCNC(=O)CSc1nnc(N2CCN(C(=O)CCCBr)CC2)s1. The number of hydrogen-bond acceptors (Lipinski definition) is 8. The smallest absolute Gasteiger partial charge is 0.230 e. The van der Waals surface area contributed by atoms with E-state index in [1.54, 1.807) is 7.11 Å². The Morgan fingerprint density at radius 1 is 1.31 bits per heavy atom. The molecule has 2 rings (SSSR count). The summed E-state index contributed by atoms with van der Waals surface area (Å²) in [6, 6.07) is 0. The molecule has 11 heteroatoms. The van der Waals surface area contributed by atoms with Crippen LogP contribution in [0.1, 0.15) is 12.8 Å². The summed E-state index contributed by atoms with van der Waals surface area (Å²) >= 11 is 6.22. The second-order valence-corrected chi connectivity index (χ2v) is 8.61. The van der Waals surface area contributed by atoms with Gasteiger partial charge in [-0.25, -0.2) is 0 Å². The van der Waals surface area contributed by atoms with E-state index in [4.69, 9.17) is 4.74 Å². The summed E-state index contributed by atoms with van der Waals surface area (Å²) in [5, 5.41) is 12.9. The molecule has 0 saturated carbocycles.